The van der Waals surface area contributed by atoms with Crippen molar-refractivity contribution in [3.63, 3.8) is 0 Å². The number of hydrogen-bond donors (Lipinski definition) is 1. The van der Waals surface area contributed by atoms with Gasteiger partial charge in [-0.1, -0.05) is 0 Å². The van der Waals surface area contributed by atoms with Crippen molar-refractivity contribution in [3.05, 3.63) is 30.5 Å². The SMILES string of the molecule is C[C@H]1COCCN1c1nc(N2CCOC[C@@H]2C)c2ccc(-c3ccnc(N(C)N)c3)nc2n1. The van der Waals surface area contributed by atoms with Gasteiger partial charge in [0.15, 0.2) is 5.65 Å². The van der Waals surface area contributed by atoms with Crippen LogP contribution in [-0.4, -0.2) is 78.6 Å². The van der Waals surface area contributed by atoms with Gasteiger partial charge in [-0.3, -0.25) is 5.01 Å². The number of morpholine rings is 2. The van der Waals surface area contributed by atoms with Crippen LogP contribution in [0.1, 0.15) is 13.8 Å². The molecule has 0 saturated carbocycles. The molecule has 3 aromatic heterocycles. The smallest absolute Gasteiger partial charge is 0.229 e. The Morgan fingerprint density at radius 1 is 0.970 bits per heavy atom. The van der Waals surface area contributed by atoms with E-state index in [1.165, 1.54) is 5.01 Å². The van der Waals surface area contributed by atoms with Crippen molar-refractivity contribution in [2.75, 3.05) is 61.4 Å². The van der Waals surface area contributed by atoms with Gasteiger partial charge in [0.2, 0.25) is 5.95 Å². The van der Waals surface area contributed by atoms with E-state index in [1.54, 1.807) is 13.2 Å². The highest BCUT2D eigenvalue weighted by Crippen LogP contribution is 2.31. The number of hydrogen-bond acceptors (Lipinski definition) is 10. The summed E-state index contributed by atoms with van der Waals surface area (Å²) in [7, 11) is 1.76. The van der Waals surface area contributed by atoms with E-state index in [0.29, 0.717) is 43.8 Å². The Hall–Kier alpha value is -3.08. The van der Waals surface area contributed by atoms with Gasteiger partial charge in [-0.2, -0.15) is 9.97 Å². The molecule has 5 rings (SSSR count). The highest BCUT2D eigenvalue weighted by Gasteiger charge is 2.27. The lowest BCUT2D eigenvalue weighted by Crippen LogP contribution is -2.46. The third-order valence-electron chi connectivity index (χ3n) is 6.19. The summed E-state index contributed by atoms with van der Waals surface area (Å²) in [4.78, 5) is 23.7. The van der Waals surface area contributed by atoms with E-state index in [-0.39, 0.29) is 12.1 Å². The molecule has 0 amide bonds. The number of ether oxygens (including phenoxy) is 2. The maximum atomic E-state index is 5.88. The van der Waals surface area contributed by atoms with Crippen molar-refractivity contribution in [2.24, 2.45) is 5.84 Å². The molecule has 10 heteroatoms. The van der Waals surface area contributed by atoms with Crippen LogP contribution in [0.3, 0.4) is 0 Å². The minimum Gasteiger partial charge on any atom is -0.377 e. The van der Waals surface area contributed by atoms with Crippen LogP contribution in [0.15, 0.2) is 30.5 Å². The molecule has 2 N–H and O–H groups in total. The summed E-state index contributed by atoms with van der Waals surface area (Å²) in [6.45, 7) is 8.50. The summed E-state index contributed by atoms with van der Waals surface area (Å²) in [6.07, 6.45) is 1.74. The van der Waals surface area contributed by atoms with Crippen molar-refractivity contribution in [1.29, 1.82) is 0 Å². The molecule has 33 heavy (non-hydrogen) atoms. The quantitative estimate of drug-likeness (QED) is 0.467. The van der Waals surface area contributed by atoms with E-state index in [9.17, 15) is 0 Å². The lowest BCUT2D eigenvalue weighted by Gasteiger charge is -2.37. The van der Waals surface area contributed by atoms with Crippen LogP contribution in [-0.2, 0) is 9.47 Å². The van der Waals surface area contributed by atoms with Crippen molar-refractivity contribution >= 4 is 28.6 Å². The third kappa shape index (κ3) is 4.29. The monoisotopic (exact) mass is 450 g/mol. The molecule has 2 aliphatic heterocycles. The Balaban J connectivity index is 1.64. The molecule has 2 atom stereocenters. The number of hydrazine groups is 1. The second-order valence-corrected chi connectivity index (χ2v) is 8.66. The van der Waals surface area contributed by atoms with Crippen LogP contribution in [0, 0.1) is 0 Å². The lowest BCUT2D eigenvalue weighted by atomic mass is 10.1. The van der Waals surface area contributed by atoms with Crippen LogP contribution >= 0.6 is 0 Å². The summed E-state index contributed by atoms with van der Waals surface area (Å²) in [5.74, 6) is 8.14. The molecule has 0 unspecified atom stereocenters. The summed E-state index contributed by atoms with van der Waals surface area (Å²) in [6, 6.07) is 8.33. The Bertz CT molecular complexity index is 1140. The molecule has 3 aromatic rings. The minimum absolute atomic E-state index is 0.192. The Morgan fingerprint density at radius 2 is 1.70 bits per heavy atom. The second kappa shape index (κ2) is 9.05. The predicted molar refractivity (Wildman–Crippen MR) is 128 cm³/mol. The third-order valence-corrected chi connectivity index (χ3v) is 6.19. The molecule has 0 aliphatic carbocycles. The van der Waals surface area contributed by atoms with Crippen molar-refractivity contribution in [3.8, 4) is 11.3 Å². The standard InChI is InChI=1S/C23H30N8O2/c1-15-13-32-10-8-30(15)22-18-4-5-19(17-6-7-25-20(12-17)29(3)24)26-21(18)27-23(28-22)31-9-11-33-14-16(31)2/h4-7,12,15-16H,8-11,13-14,24H2,1-3H3/t15-,16-/m0/s1. The highest BCUT2D eigenvalue weighted by molar-refractivity contribution is 5.90. The van der Waals surface area contributed by atoms with Crippen LogP contribution in [0.4, 0.5) is 17.6 Å². The summed E-state index contributed by atoms with van der Waals surface area (Å²) in [5.41, 5.74) is 2.42. The maximum Gasteiger partial charge on any atom is 0.229 e. The zero-order valence-corrected chi connectivity index (χ0v) is 19.3. The average molecular weight is 451 g/mol. The van der Waals surface area contributed by atoms with E-state index in [4.69, 9.17) is 30.3 Å². The summed E-state index contributed by atoms with van der Waals surface area (Å²) >= 11 is 0. The molecule has 2 saturated heterocycles. The van der Waals surface area contributed by atoms with E-state index in [0.717, 1.165) is 35.6 Å². The number of pyridine rings is 2. The normalized spacial score (nSPS) is 21.5. The van der Waals surface area contributed by atoms with Crippen LogP contribution in [0.25, 0.3) is 22.3 Å². The van der Waals surface area contributed by atoms with Gasteiger partial charge in [-0.15, -0.1) is 0 Å². The fourth-order valence-corrected chi connectivity index (χ4v) is 4.33. The summed E-state index contributed by atoms with van der Waals surface area (Å²) < 4.78 is 11.3. The van der Waals surface area contributed by atoms with Gasteiger partial charge < -0.3 is 19.3 Å². The zero-order chi connectivity index (χ0) is 22.9. The Morgan fingerprint density at radius 3 is 2.39 bits per heavy atom. The molecular weight excluding hydrogens is 420 g/mol. The first-order valence-electron chi connectivity index (χ1n) is 11.3. The molecule has 5 heterocycles. The molecule has 10 nitrogen and oxygen atoms in total. The Labute approximate surface area is 193 Å². The minimum atomic E-state index is 0.192. The van der Waals surface area contributed by atoms with Gasteiger partial charge in [0.1, 0.15) is 11.6 Å². The van der Waals surface area contributed by atoms with Crippen molar-refractivity contribution in [1.82, 2.24) is 19.9 Å². The van der Waals surface area contributed by atoms with Crippen molar-refractivity contribution in [2.45, 2.75) is 25.9 Å². The maximum absolute atomic E-state index is 5.88. The molecule has 174 valence electrons. The van der Waals surface area contributed by atoms with E-state index in [2.05, 4.69) is 34.7 Å². The van der Waals surface area contributed by atoms with E-state index >= 15 is 0 Å². The number of fused-ring (bicyclic) bond motifs is 1. The molecule has 0 aromatic carbocycles. The van der Waals surface area contributed by atoms with E-state index < -0.39 is 0 Å². The van der Waals surface area contributed by atoms with Gasteiger partial charge in [0.05, 0.1) is 49.6 Å². The number of nitrogens with zero attached hydrogens (tertiary/aromatic N) is 7. The number of nitrogens with two attached hydrogens (primary N) is 1. The molecule has 2 fully saturated rings. The van der Waals surface area contributed by atoms with Crippen molar-refractivity contribution < 1.29 is 9.47 Å². The molecule has 0 spiro atoms. The predicted octanol–water partition coefficient (Wildman–Crippen LogP) is 1.85. The second-order valence-electron chi connectivity index (χ2n) is 8.66. The van der Waals surface area contributed by atoms with Gasteiger partial charge in [-0.05, 0) is 38.1 Å². The topological polar surface area (TPSA) is 106 Å². The summed E-state index contributed by atoms with van der Waals surface area (Å²) in [5, 5.41) is 2.42. The van der Waals surface area contributed by atoms with E-state index in [1.807, 2.05) is 18.2 Å². The van der Waals surface area contributed by atoms with Gasteiger partial charge in [0.25, 0.3) is 0 Å². The largest absolute Gasteiger partial charge is 0.377 e. The van der Waals surface area contributed by atoms with Gasteiger partial charge >= 0.3 is 0 Å². The Kier molecular flexibility index (Phi) is 5.96. The molecule has 2 aliphatic rings. The van der Waals surface area contributed by atoms with Crippen LogP contribution < -0.4 is 20.7 Å². The fraction of sp³-hybridized carbons (Fsp3) is 0.478. The first-order valence-corrected chi connectivity index (χ1v) is 11.3. The number of rotatable bonds is 4. The van der Waals surface area contributed by atoms with Crippen LogP contribution in [0.5, 0.6) is 0 Å². The highest BCUT2D eigenvalue weighted by atomic mass is 16.5. The number of aromatic nitrogens is 4. The van der Waals surface area contributed by atoms with Gasteiger partial charge in [-0.25, -0.2) is 15.8 Å². The first-order chi connectivity index (χ1) is 16.0. The first kappa shape index (κ1) is 21.7. The molecule has 0 radical (unpaired) electrons. The average Bonchev–Trinajstić information content (AvgIpc) is 2.84. The fourth-order valence-electron chi connectivity index (χ4n) is 4.33. The van der Waals surface area contributed by atoms with Crippen LogP contribution in [0.2, 0.25) is 0 Å². The lowest BCUT2D eigenvalue weighted by molar-refractivity contribution is 0.0973. The number of anilines is 3. The molecule has 0 bridgehead atoms. The molecular formula is C23H30N8O2. The van der Waals surface area contributed by atoms with Gasteiger partial charge in [0, 0.05) is 31.9 Å². The zero-order valence-electron chi connectivity index (χ0n) is 19.3.